The van der Waals surface area contributed by atoms with Crippen LogP contribution in [0.1, 0.15) is 47.5 Å². The molecule has 0 atom stereocenters. The molecule has 19 heavy (non-hydrogen) atoms. The van der Waals surface area contributed by atoms with Crippen molar-refractivity contribution in [3.05, 3.63) is 0 Å². The van der Waals surface area contributed by atoms with Gasteiger partial charge in [0, 0.05) is 18.1 Å². The van der Waals surface area contributed by atoms with Gasteiger partial charge < -0.3 is 14.9 Å². The van der Waals surface area contributed by atoms with Gasteiger partial charge in [-0.15, -0.1) is 0 Å². The second kappa shape index (κ2) is 5.80. The summed E-state index contributed by atoms with van der Waals surface area (Å²) >= 11 is 0. The lowest BCUT2D eigenvalue weighted by Gasteiger charge is -2.40. The molecular weight excluding hydrogens is 244 g/mol. The van der Waals surface area contributed by atoms with E-state index in [-0.39, 0.29) is 18.6 Å². The highest BCUT2D eigenvalue weighted by molar-refractivity contribution is 5.81. The normalized spacial score (nSPS) is 15.5. The Hall–Kier alpha value is -1.26. The fourth-order valence-corrected chi connectivity index (χ4v) is 1.97. The number of carboxylic acids is 1. The van der Waals surface area contributed by atoms with Crippen molar-refractivity contribution in [1.29, 1.82) is 0 Å². The first-order valence-corrected chi connectivity index (χ1v) is 6.93. The van der Waals surface area contributed by atoms with E-state index in [4.69, 9.17) is 5.11 Å². The van der Waals surface area contributed by atoms with Crippen molar-refractivity contribution in [2.75, 3.05) is 13.1 Å². The average molecular weight is 270 g/mol. The smallest absolute Gasteiger partial charge is 0.323 e. The molecule has 1 aliphatic carbocycles. The average Bonchev–Trinajstić information content (AvgIpc) is 3.03. The summed E-state index contributed by atoms with van der Waals surface area (Å²) in [5, 5.41) is 9.00. The van der Waals surface area contributed by atoms with Crippen LogP contribution in [0.3, 0.4) is 0 Å². The second-order valence-corrected chi connectivity index (χ2v) is 6.62. The molecule has 5 heteroatoms. The molecule has 1 saturated carbocycles. The number of hydrogen-bond donors (Lipinski definition) is 1. The number of carboxylic acid groups (broad SMARTS) is 1. The van der Waals surface area contributed by atoms with Crippen LogP contribution in [0.15, 0.2) is 0 Å². The molecule has 0 aromatic carbocycles. The van der Waals surface area contributed by atoms with Crippen molar-refractivity contribution in [2.45, 2.75) is 59.0 Å². The molecule has 110 valence electrons. The molecule has 1 aliphatic rings. The number of amides is 2. The molecule has 1 rings (SSSR count). The largest absolute Gasteiger partial charge is 0.480 e. The Morgan fingerprint density at radius 3 is 2.11 bits per heavy atom. The Kier molecular flexibility index (Phi) is 4.82. The molecule has 0 aliphatic heterocycles. The summed E-state index contributed by atoms with van der Waals surface area (Å²) in [6, 6.07) is -0.0801. The summed E-state index contributed by atoms with van der Waals surface area (Å²) in [5.74, 6) is -0.378. The van der Waals surface area contributed by atoms with Crippen LogP contribution in [0.4, 0.5) is 4.79 Å². The van der Waals surface area contributed by atoms with Crippen LogP contribution in [0.25, 0.3) is 0 Å². The maximum absolute atomic E-state index is 12.6. The monoisotopic (exact) mass is 270 g/mol. The lowest BCUT2D eigenvalue weighted by Crippen LogP contribution is -2.55. The van der Waals surface area contributed by atoms with E-state index in [1.807, 2.05) is 34.6 Å². The number of rotatable bonds is 5. The fraction of sp³-hybridized carbons (Fsp3) is 0.857. The van der Waals surface area contributed by atoms with E-state index in [1.54, 1.807) is 4.90 Å². The van der Waals surface area contributed by atoms with Crippen LogP contribution in [-0.4, -0.2) is 51.6 Å². The van der Waals surface area contributed by atoms with Gasteiger partial charge in [0.15, 0.2) is 0 Å². The molecule has 0 spiro atoms. The lowest BCUT2D eigenvalue weighted by atomic mass is 10.1. The Morgan fingerprint density at radius 2 is 1.79 bits per heavy atom. The minimum atomic E-state index is -0.974. The summed E-state index contributed by atoms with van der Waals surface area (Å²) in [7, 11) is 0. The van der Waals surface area contributed by atoms with Gasteiger partial charge in [0.2, 0.25) is 0 Å². The van der Waals surface area contributed by atoms with Crippen molar-refractivity contribution in [3.63, 3.8) is 0 Å². The minimum Gasteiger partial charge on any atom is -0.480 e. The Labute approximate surface area is 115 Å². The van der Waals surface area contributed by atoms with Crippen LogP contribution in [0, 0.1) is 5.92 Å². The summed E-state index contributed by atoms with van der Waals surface area (Å²) < 4.78 is 0. The van der Waals surface area contributed by atoms with Gasteiger partial charge in [-0.05, 0) is 53.4 Å². The minimum absolute atomic E-state index is 0.0896. The van der Waals surface area contributed by atoms with E-state index in [0.29, 0.717) is 5.92 Å². The topological polar surface area (TPSA) is 60.9 Å². The van der Waals surface area contributed by atoms with E-state index < -0.39 is 11.5 Å². The van der Waals surface area contributed by atoms with Crippen molar-refractivity contribution in [2.24, 2.45) is 5.92 Å². The highest BCUT2D eigenvalue weighted by Gasteiger charge is 2.35. The standard InChI is InChI=1S/C14H26N2O3/c1-10(2)15(8-11-6-7-11)13(19)16(9-12(17)18)14(3,4)5/h10-11H,6-9H2,1-5H3,(H,17,18). The molecular formula is C14H26N2O3. The highest BCUT2D eigenvalue weighted by Crippen LogP contribution is 2.31. The number of urea groups is 1. The van der Waals surface area contributed by atoms with Crippen LogP contribution in [0.5, 0.6) is 0 Å². The van der Waals surface area contributed by atoms with Crippen LogP contribution in [0.2, 0.25) is 0 Å². The van der Waals surface area contributed by atoms with Gasteiger partial charge in [-0.1, -0.05) is 0 Å². The summed E-state index contributed by atoms with van der Waals surface area (Å²) in [6.07, 6.45) is 2.34. The van der Waals surface area contributed by atoms with Gasteiger partial charge in [0.05, 0.1) is 0 Å². The molecule has 1 fully saturated rings. The van der Waals surface area contributed by atoms with E-state index in [9.17, 15) is 9.59 Å². The maximum Gasteiger partial charge on any atom is 0.323 e. The van der Waals surface area contributed by atoms with Crippen molar-refractivity contribution in [3.8, 4) is 0 Å². The number of carbonyl (C=O) groups is 2. The van der Waals surface area contributed by atoms with Gasteiger partial charge in [-0.2, -0.15) is 0 Å². The summed E-state index contributed by atoms with van der Waals surface area (Å²) in [6.45, 7) is 10.0. The van der Waals surface area contributed by atoms with Gasteiger partial charge in [-0.25, -0.2) is 4.79 Å². The van der Waals surface area contributed by atoms with E-state index >= 15 is 0 Å². The van der Waals surface area contributed by atoms with E-state index in [0.717, 1.165) is 6.54 Å². The van der Waals surface area contributed by atoms with Crippen LogP contribution < -0.4 is 0 Å². The van der Waals surface area contributed by atoms with Crippen LogP contribution >= 0.6 is 0 Å². The zero-order valence-corrected chi connectivity index (χ0v) is 12.6. The maximum atomic E-state index is 12.6. The van der Waals surface area contributed by atoms with Gasteiger partial charge in [0.1, 0.15) is 6.54 Å². The first-order chi connectivity index (χ1) is 8.62. The zero-order valence-electron chi connectivity index (χ0n) is 12.6. The Morgan fingerprint density at radius 1 is 1.26 bits per heavy atom. The Balaban J connectivity index is 2.84. The SMILES string of the molecule is CC(C)N(CC1CC1)C(=O)N(CC(=O)O)C(C)(C)C. The third-order valence-corrected chi connectivity index (χ3v) is 3.35. The lowest BCUT2D eigenvalue weighted by molar-refractivity contribution is -0.138. The van der Waals surface area contributed by atoms with Crippen molar-refractivity contribution in [1.82, 2.24) is 9.80 Å². The van der Waals surface area contributed by atoms with Crippen LogP contribution in [-0.2, 0) is 4.79 Å². The molecule has 0 unspecified atom stereocenters. The molecule has 0 aromatic rings. The number of aliphatic carboxylic acids is 1. The molecule has 2 amide bonds. The Bertz CT molecular complexity index is 343. The van der Waals surface area contributed by atoms with Gasteiger partial charge in [-0.3, -0.25) is 4.79 Å². The second-order valence-electron chi connectivity index (χ2n) is 6.62. The third-order valence-electron chi connectivity index (χ3n) is 3.35. The quantitative estimate of drug-likeness (QED) is 0.834. The molecule has 0 saturated heterocycles. The molecule has 0 bridgehead atoms. The first kappa shape index (κ1) is 15.8. The van der Waals surface area contributed by atoms with E-state index in [2.05, 4.69) is 0 Å². The third kappa shape index (κ3) is 4.73. The number of hydrogen-bond acceptors (Lipinski definition) is 2. The van der Waals surface area contributed by atoms with Crippen molar-refractivity contribution < 1.29 is 14.7 Å². The molecule has 1 N–H and O–H groups in total. The number of nitrogens with zero attached hydrogens (tertiary/aromatic N) is 2. The van der Waals surface area contributed by atoms with Gasteiger partial charge >= 0.3 is 12.0 Å². The predicted molar refractivity (Wildman–Crippen MR) is 74.1 cm³/mol. The van der Waals surface area contributed by atoms with E-state index in [1.165, 1.54) is 17.7 Å². The summed E-state index contributed by atoms with van der Waals surface area (Å²) in [4.78, 5) is 26.8. The highest BCUT2D eigenvalue weighted by atomic mass is 16.4. The zero-order chi connectivity index (χ0) is 14.8. The fourth-order valence-electron chi connectivity index (χ4n) is 1.97. The summed E-state index contributed by atoms with van der Waals surface area (Å²) in [5.41, 5.74) is -0.494. The predicted octanol–water partition coefficient (Wildman–Crippen LogP) is 2.41. The molecule has 0 radical (unpaired) electrons. The molecule has 0 aromatic heterocycles. The first-order valence-electron chi connectivity index (χ1n) is 6.93. The molecule has 5 nitrogen and oxygen atoms in total. The molecule has 0 heterocycles. The van der Waals surface area contributed by atoms with Gasteiger partial charge in [0.25, 0.3) is 0 Å². The number of carbonyl (C=O) groups excluding carboxylic acids is 1. The van der Waals surface area contributed by atoms with Crippen molar-refractivity contribution >= 4 is 12.0 Å².